The summed E-state index contributed by atoms with van der Waals surface area (Å²) >= 11 is 0. The molecule has 2 saturated heterocycles. The summed E-state index contributed by atoms with van der Waals surface area (Å²) in [6.07, 6.45) is 7.00. The summed E-state index contributed by atoms with van der Waals surface area (Å²) in [6, 6.07) is 0.537. The molecule has 3 aliphatic rings. The second-order valence-corrected chi connectivity index (χ2v) is 5.91. The van der Waals surface area contributed by atoms with Crippen molar-refractivity contribution in [1.29, 1.82) is 0 Å². The van der Waals surface area contributed by atoms with E-state index in [9.17, 15) is 4.79 Å². The van der Waals surface area contributed by atoms with Crippen LogP contribution < -0.4 is 5.32 Å². The average molecular weight is 252 g/mol. The minimum Gasteiger partial charge on any atom is -0.375 e. The van der Waals surface area contributed by atoms with Gasteiger partial charge in [-0.15, -0.1) is 0 Å². The van der Waals surface area contributed by atoms with Crippen molar-refractivity contribution in [2.45, 2.75) is 57.3 Å². The number of fused-ring (bicyclic) bond motifs is 2. The van der Waals surface area contributed by atoms with Crippen molar-refractivity contribution < 1.29 is 9.53 Å². The molecule has 1 N–H and O–H groups in total. The lowest BCUT2D eigenvalue weighted by atomic mass is 9.89. The van der Waals surface area contributed by atoms with Crippen LogP contribution in [0.25, 0.3) is 0 Å². The molecular weight excluding hydrogens is 228 g/mol. The van der Waals surface area contributed by atoms with Gasteiger partial charge in [-0.25, -0.2) is 0 Å². The van der Waals surface area contributed by atoms with E-state index >= 15 is 0 Å². The SMILES string of the molecule is CCN(C(=O)CNCC1CC2CCC1O2)C1CC1. The number of amides is 1. The van der Waals surface area contributed by atoms with Crippen molar-refractivity contribution in [3.63, 3.8) is 0 Å². The first kappa shape index (κ1) is 12.4. The predicted molar refractivity (Wildman–Crippen MR) is 69.3 cm³/mol. The summed E-state index contributed by atoms with van der Waals surface area (Å²) < 4.78 is 5.82. The zero-order valence-electron chi connectivity index (χ0n) is 11.2. The Hall–Kier alpha value is -0.610. The normalized spacial score (nSPS) is 33.9. The van der Waals surface area contributed by atoms with Crippen LogP contribution in [-0.2, 0) is 9.53 Å². The molecule has 2 bridgehead atoms. The summed E-state index contributed by atoms with van der Waals surface area (Å²) in [6.45, 7) is 4.36. The number of nitrogens with zero attached hydrogens (tertiary/aromatic N) is 1. The molecule has 4 nitrogen and oxygen atoms in total. The summed E-state index contributed by atoms with van der Waals surface area (Å²) in [5.74, 6) is 0.900. The Morgan fingerprint density at radius 1 is 1.33 bits per heavy atom. The van der Waals surface area contributed by atoms with Crippen LogP contribution in [0.2, 0.25) is 0 Å². The summed E-state index contributed by atoms with van der Waals surface area (Å²) in [7, 11) is 0. The zero-order chi connectivity index (χ0) is 12.5. The summed E-state index contributed by atoms with van der Waals surface area (Å²) in [5, 5.41) is 3.34. The first-order chi connectivity index (χ1) is 8.78. The van der Waals surface area contributed by atoms with Crippen LogP contribution in [0.15, 0.2) is 0 Å². The van der Waals surface area contributed by atoms with Gasteiger partial charge < -0.3 is 15.0 Å². The monoisotopic (exact) mass is 252 g/mol. The molecule has 3 atom stereocenters. The highest BCUT2D eigenvalue weighted by Gasteiger charge is 2.40. The van der Waals surface area contributed by atoms with Crippen LogP contribution in [0.3, 0.4) is 0 Å². The van der Waals surface area contributed by atoms with Gasteiger partial charge in [0.2, 0.25) is 5.91 Å². The van der Waals surface area contributed by atoms with Crippen LogP contribution in [0, 0.1) is 5.92 Å². The molecule has 0 aromatic carbocycles. The van der Waals surface area contributed by atoms with Crippen LogP contribution in [0.5, 0.6) is 0 Å². The van der Waals surface area contributed by atoms with Crippen molar-refractivity contribution in [2.75, 3.05) is 19.6 Å². The Morgan fingerprint density at radius 2 is 2.17 bits per heavy atom. The number of carbonyl (C=O) groups is 1. The molecule has 4 heteroatoms. The maximum absolute atomic E-state index is 12.0. The van der Waals surface area contributed by atoms with Gasteiger partial charge in [0.15, 0.2) is 0 Å². The highest BCUT2D eigenvalue weighted by Crippen LogP contribution is 2.38. The molecule has 1 amide bonds. The number of ether oxygens (including phenoxy) is 1. The van der Waals surface area contributed by atoms with Gasteiger partial charge in [0.05, 0.1) is 18.8 Å². The van der Waals surface area contributed by atoms with Crippen molar-refractivity contribution in [3.8, 4) is 0 Å². The number of hydrogen-bond acceptors (Lipinski definition) is 3. The lowest BCUT2D eigenvalue weighted by molar-refractivity contribution is -0.130. The van der Waals surface area contributed by atoms with Gasteiger partial charge in [0, 0.05) is 25.0 Å². The molecule has 0 radical (unpaired) electrons. The van der Waals surface area contributed by atoms with E-state index in [-0.39, 0.29) is 5.91 Å². The summed E-state index contributed by atoms with van der Waals surface area (Å²) in [5.41, 5.74) is 0. The van der Waals surface area contributed by atoms with Gasteiger partial charge in [-0.2, -0.15) is 0 Å². The lowest BCUT2D eigenvalue weighted by Crippen LogP contribution is -2.41. The quantitative estimate of drug-likeness (QED) is 0.771. The molecule has 0 spiro atoms. The Labute approximate surface area is 109 Å². The topological polar surface area (TPSA) is 41.6 Å². The van der Waals surface area contributed by atoms with Crippen molar-refractivity contribution in [1.82, 2.24) is 10.2 Å². The van der Waals surface area contributed by atoms with Gasteiger partial charge in [-0.1, -0.05) is 0 Å². The molecular formula is C14H24N2O2. The molecule has 3 rings (SSSR count). The maximum atomic E-state index is 12.0. The smallest absolute Gasteiger partial charge is 0.236 e. The van der Waals surface area contributed by atoms with Gasteiger partial charge in [0.25, 0.3) is 0 Å². The van der Waals surface area contributed by atoms with Crippen LogP contribution >= 0.6 is 0 Å². The zero-order valence-corrected chi connectivity index (χ0v) is 11.2. The van der Waals surface area contributed by atoms with E-state index in [4.69, 9.17) is 4.74 Å². The van der Waals surface area contributed by atoms with Crippen molar-refractivity contribution in [3.05, 3.63) is 0 Å². The Bertz CT molecular complexity index is 317. The van der Waals surface area contributed by atoms with Crippen LogP contribution in [0.4, 0.5) is 0 Å². The molecule has 1 aliphatic carbocycles. The Morgan fingerprint density at radius 3 is 2.72 bits per heavy atom. The molecule has 102 valence electrons. The largest absolute Gasteiger partial charge is 0.375 e. The highest BCUT2D eigenvalue weighted by atomic mass is 16.5. The molecule has 3 unspecified atom stereocenters. The molecule has 18 heavy (non-hydrogen) atoms. The van der Waals surface area contributed by atoms with E-state index in [2.05, 4.69) is 12.2 Å². The second-order valence-electron chi connectivity index (χ2n) is 5.91. The number of rotatable bonds is 6. The van der Waals surface area contributed by atoms with E-state index in [1.807, 2.05) is 4.90 Å². The van der Waals surface area contributed by atoms with Crippen LogP contribution in [0.1, 0.15) is 39.0 Å². The van der Waals surface area contributed by atoms with Gasteiger partial charge >= 0.3 is 0 Å². The first-order valence-corrected chi connectivity index (χ1v) is 7.43. The molecule has 1 saturated carbocycles. The van der Waals surface area contributed by atoms with E-state index in [1.54, 1.807) is 0 Å². The van der Waals surface area contributed by atoms with Crippen molar-refractivity contribution in [2.24, 2.45) is 5.92 Å². The fraction of sp³-hybridized carbons (Fsp3) is 0.929. The van der Waals surface area contributed by atoms with Crippen LogP contribution in [-0.4, -0.2) is 48.7 Å². The second kappa shape index (κ2) is 5.17. The minimum atomic E-state index is 0.268. The van der Waals surface area contributed by atoms with E-state index in [1.165, 1.54) is 32.1 Å². The van der Waals surface area contributed by atoms with Gasteiger partial charge in [-0.3, -0.25) is 4.79 Å². The molecule has 3 fully saturated rings. The Balaban J connectivity index is 1.37. The van der Waals surface area contributed by atoms with Gasteiger partial charge in [-0.05, 0) is 39.0 Å². The average Bonchev–Trinajstić information content (AvgIpc) is 2.98. The third-order valence-corrected chi connectivity index (χ3v) is 4.56. The predicted octanol–water partition coefficient (Wildman–Crippen LogP) is 1.15. The third kappa shape index (κ3) is 2.54. The highest BCUT2D eigenvalue weighted by molar-refractivity contribution is 5.78. The maximum Gasteiger partial charge on any atom is 0.236 e. The van der Waals surface area contributed by atoms with Gasteiger partial charge in [0.1, 0.15) is 0 Å². The standard InChI is InChI=1S/C14H24N2O2/c1-2-16(11-3-4-11)14(17)9-15-8-10-7-12-5-6-13(10)18-12/h10-13,15H,2-9H2,1H3. The molecule has 0 aromatic rings. The first-order valence-electron chi connectivity index (χ1n) is 7.43. The van der Waals surface area contributed by atoms with E-state index < -0.39 is 0 Å². The fourth-order valence-electron chi connectivity index (χ4n) is 3.45. The number of nitrogens with one attached hydrogen (secondary N) is 1. The minimum absolute atomic E-state index is 0.268. The van der Waals surface area contributed by atoms with E-state index in [0.717, 1.165) is 13.1 Å². The third-order valence-electron chi connectivity index (χ3n) is 4.56. The van der Waals surface area contributed by atoms with E-state index in [0.29, 0.717) is 30.7 Å². The number of carbonyl (C=O) groups excluding carboxylic acids is 1. The number of hydrogen-bond donors (Lipinski definition) is 1. The molecule has 2 aliphatic heterocycles. The molecule has 0 aromatic heterocycles. The fourth-order valence-corrected chi connectivity index (χ4v) is 3.45. The van der Waals surface area contributed by atoms with Crippen molar-refractivity contribution >= 4 is 5.91 Å². The lowest BCUT2D eigenvalue weighted by Gasteiger charge is -2.22. The Kier molecular flexibility index (Phi) is 3.57. The number of likely N-dealkylation sites (N-methyl/N-ethyl adjacent to an activating group) is 1. The summed E-state index contributed by atoms with van der Waals surface area (Å²) in [4.78, 5) is 14.0. The molecule has 2 heterocycles.